The summed E-state index contributed by atoms with van der Waals surface area (Å²) in [5, 5.41) is 12.7. The van der Waals surface area contributed by atoms with Gasteiger partial charge in [0.2, 0.25) is 0 Å². The van der Waals surface area contributed by atoms with Crippen LogP contribution in [0.5, 0.6) is 0 Å². The molecule has 0 amide bonds. The molecule has 1 aliphatic carbocycles. The van der Waals surface area contributed by atoms with E-state index < -0.39 is 0 Å². The van der Waals surface area contributed by atoms with E-state index >= 15 is 0 Å². The number of nitrogens with one attached hydrogen (secondary N) is 1. The molecule has 98 valence electrons. The van der Waals surface area contributed by atoms with Gasteiger partial charge < -0.3 is 4.90 Å². The van der Waals surface area contributed by atoms with Gasteiger partial charge in [-0.15, -0.1) is 0 Å². The van der Waals surface area contributed by atoms with Crippen molar-refractivity contribution < 1.29 is 0 Å². The lowest BCUT2D eigenvalue weighted by atomic mass is 10.0. The predicted molar refractivity (Wildman–Crippen MR) is 71.8 cm³/mol. The molecule has 1 N–H and O–H groups in total. The van der Waals surface area contributed by atoms with Crippen molar-refractivity contribution in [1.82, 2.24) is 10.2 Å². The molecular formula is C14H27N3. The second-order valence-electron chi connectivity index (χ2n) is 5.55. The molecule has 0 aromatic heterocycles. The Kier molecular flexibility index (Phi) is 5.94. The lowest BCUT2D eigenvalue weighted by molar-refractivity contribution is 0.212. The Balaban J connectivity index is 2.45. The highest BCUT2D eigenvalue weighted by Gasteiger charge is 2.29. The smallest absolute Gasteiger partial charge is 0.116 e. The Hall–Kier alpha value is -0.590. The zero-order valence-electron chi connectivity index (χ0n) is 11.6. The fourth-order valence-corrected chi connectivity index (χ4v) is 2.20. The third-order valence-electron chi connectivity index (χ3n) is 3.30. The molecule has 1 rings (SSSR count). The summed E-state index contributed by atoms with van der Waals surface area (Å²) >= 11 is 0. The van der Waals surface area contributed by atoms with Crippen molar-refractivity contribution in [3.05, 3.63) is 0 Å². The van der Waals surface area contributed by atoms with Crippen LogP contribution in [0.1, 0.15) is 46.5 Å². The molecule has 17 heavy (non-hydrogen) atoms. The molecule has 1 saturated carbocycles. The van der Waals surface area contributed by atoms with Crippen molar-refractivity contribution in [1.29, 1.82) is 5.26 Å². The summed E-state index contributed by atoms with van der Waals surface area (Å²) in [4.78, 5) is 2.46. The van der Waals surface area contributed by atoms with Gasteiger partial charge in [0.15, 0.2) is 0 Å². The summed E-state index contributed by atoms with van der Waals surface area (Å²) in [5.41, 5.74) is -0.389. The first-order chi connectivity index (χ1) is 8.13. The van der Waals surface area contributed by atoms with Crippen molar-refractivity contribution >= 4 is 0 Å². The zero-order chi connectivity index (χ0) is 12.7. The van der Waals surface area contributed by atoms with Gasteiger partial charge in [-0.05, 0) is 51.6 Å². The molecule has 0 aliphatic heterocycles. The Morgan fingerprint density at radius 1 is 1.35 bits per heavy atom. The number of nitriles is 1. The van der Waals surface area contributed by atoms with Crippen molar-refractivity contribution in [2.75, 3.05) is 26.2 Å². The van der Waals surface area contributed by atoms with E-state index in [1.807, 2.05) is 6.92 Å². The van der Waals surface area contributed by atoms with Crippen LogP contribution in [0, 0.1) is 17.2 Å². The molecule has 1 atom stereocenters. The quantitative estimate of drug-likeness (QED) is 0.669. The van der Waals surface area contributed by atoms with Crippen LogP contribution in [0.4, 0.5) is 0 Å². The molecule has 0 heterocycles. The topological polar surface area (TPSA) is 39.1 Å². The maximum atomic E-state index is 9.34. The van der Waals surface area contributed by atoms with Crippen LogP contribution in [0.15, 0.2) is 0 Å². The van der Waals surface area contributed by atoms with Gasteiger partial charge in [-0.25, -0.2) is 0 Å². The van der Waals surface area contributed by atoms with E-state index in [0.29, 0.717) is 0 Å². The maximum Gasteiger partial charge on any atom is 0.116 e. The summed E-state index contributed by atoms with van der Waals surface area (Å²) < 4.78 is 0. The summed E-state index contributed by atoms with van der Waals surface area (Å²) in [6.45, 7) is 10.4. The summed E-state index contributed by atoms with van der Waals surface area (Å²) in [6, 6.07) is 2.44. The Bertz CT molecular complexity index is 255. The standard InChI is InChI=1S/C14H27N3/c1-4-8-16-14(3,11-15)12-17(9-5-2)10-13-6-7-13/h13,16H,4-10,12H2,1-3H3. The molecule has 3 nitrogen and oxygen atoms in total. The van der Waals surface area contributed by atoms with Crippen LogP contribution >= 0.6 is 0 Å². The third-order valence-corrected chi connectivity index (χ3v) is 3.30. The summed E-state index contributed by atoms with van der Waals surface area (Å²) in [7, 11) is 0. The Morgan fingerprint density at radius 2 is 2.06 bits per heavy atom. The van der Waals surface area contributed by atoms with Gasteiger partial charge in [0.25, 0.3) is 0 Å². The average Bonchev–Trinajstić information content (AvgIpc) is 3.11. The zero-order valence-corrected chi connectivity index (χ0v) is 11.6. The molecule has 3 heteroatoms. The fraction of sp³-hybridized carbons (Fsp3) is 0.929. The highest BCUT2D eigenvalue weighted by atomic mass is 15.2. The minimum absolute atomic E-state index is 0.389. The number of hydrogen-bond donors (Lipinski definition) is 1. The van der Waals surface area contributed by atoms with E-state index in [9.17, 15) is 5.26 Å². The lowest BCUT2D eigenvalue weighted by Crippen LogP contribution is -2.51. The number of hydrogen-bond acceptors (Lipinski definition) is 3. The molecule has 0 aromatic carbocycles. The lowest BCUT2D eigenvalue weighted by Gasteiger charge is -2.31. The van der Waals surface area contributed by atoms with E-state index in [-0.39, 0.29) is 5.54 Å². The Morgan fingerprint density at radius 3 is 2.53 bits per heavy atom. The van der Waals surface area contributed by atoms with E-state index in [1.165, 1.54) is 25.8 Å². The molecule has 1 aliphatic rings. The molecule has 0 spiro atoms. The first kappa shape index (κ1) is 14.5. The van der Waals surface area contributed by atoms with Gasteiger partial charge in [0, 0.05) is 13.1 Å². The van der Waals surface area contributed by atoms with E-state index in [2.05, 4.69) is 30.1 Å². The van der Waals surface area contributed by atoms with Crippen molar-refractivity contribution in [2.45, 2.75) is 52.0 Å². The molecule has 0 radical (unpaired) electrons. The van der Waals surface area contributed by atoms with Gasteiger partial charge in [0.1, 0.15) is 5.54 Å². The Labute approximate surface area is 106 Å². The molecule has 1 fully saturated rings. The van der Waals surface area contributed by atoms with Gasteiger partial charge >= 0.3 is 0 Å². The number of nitrogens with zero attached hydrogens (tertiary/aromatic N) is 2. The first-order valence-corrected chi connectivity index (χ1v) is 7.02. The van der Waals surface area contributed by atoms with Gasteiger partial charge in [0.05, 0.1) is 6.07 Å². The molecular weight excluding hydrogens is 210 g/mol. The molecule has 1 unspecified atom stereocenters. The van der Waals surface area contributed by atoms with E-state index in [4.69, 9.17) is 0 Å². The second-order valence-corrected chi connectivity index (χ2v) is 5.55. The monoisotopic (exact) mass is 237 g/mol. The second kappa shape index (κ2) is 6.98. The normalized spacial score (nSPS) is 19.0. The minimum atomic E-state index is -0.389. The molecule has 0 bridgehead atoms. The van der Waals surface area contributed by atoms with Crippen molar-refractivity contribution in [3.8, 4) is 6.07 Å². The van der Waals surface area contributed by atoms with Gasteiger partial charge in [-0.1, -0.05) is 13.8 Å². The third kappa shape index (κ3) is 5.52. The first-order valence-electron chi connectivity index (χ1n) is 7.02. The van der Waals surface area contributed by atoms with E-state index in [1.54, 1.807) is 0 Å². The predicted octanol–water partition coefficient (Wildman–Crippen LogP) is 2.39. The molecule has 0 saturated heterocycles. The fourth-order valence-electron chi connectivity index (χ4n) is 2.20. The van der Waals surface area contributed by atoms with Crippen LogP contribution in [-0.2, 0) is 0 Å². The van der Waals surface area contributed by atoms with Crippen LogP contribution in [0.3, 0.4) is 0 Å². The number of rotatable bonds is 9. The van der Waals surface area contributed by atoms with Crippen LogP contribution in [-0.4, -0.2) is 36.6 Å². The molecule has 0 aromatic rings. The minimum Gasteiger partial charge on any atom is -0.300 e. The SMILES string of the molecule is CCCNC(C)(C#N)CN(CCC)CC1CC1. The largest absolute Gasteiger partial charge is 0.300 e. The summed E-state index contributed by atoms with van der Waals surface area (Å²) in [5.74, 6) is 0.899. The summed E-state index contributed by atoms with van der Waals surface area (Å²) in [6.07, 6.45) is 5.01. The van der Waals surface area contributed by atoms with Crippen molar-refractivity contribution in [2.24, 2.45) is 5.92 Å². The maximum absolute atomic E-state index is 9.34. The van der Waals surface area contributed by atoms with Gasteiger partial charge in [-0.3, -0.25) is 5.32 Å². The van der Waals surface area contributed by atoms with Crippen molar-refractivity contribution in [3.63, 3.8) is 0 Å². The highest BCUT2D eigenvalue weighted by molar-refractivity contribution is 5.06. The van der Waals surface area contributed by atoms with Gasteiger partial charge in [-0.2, -0.15) is 5.26 Å². The van der Waals surface area contributed by atoms with E-state index in [0.717, 1.165) is 32.0 Å². The van der Waals surface area contributed by atoms with Crippen LogP contribution in [0.2, 0.25) is 0 Å². The van der Waals surface area contributed by atoms with Crippen LogP contribution < -0.4 is 5.32 Å². The van der Waals surface area contributed by atoms with Crippen LogP contribution in [0.25, 0.3) is 0 Å². The highest BCUT2D eigenvalue weighted by Crippen LogP contribution is 2.30. The average molecular weight is 237 g/mol.